The first-order chi connectivity index (χ1) is 11.3. The molecule has 0 aliphatic heterocycles. The summed E-state index contributed by atoms with van der Waals surface area (Å²) in [5.74, 6) is 0.520. The average Bonchev–Trinajstić information content (AvgIpc) is 3.01. The van der Waals surface area contributed by atoms with Gasteiger partial charge in [-0.15, -0.1) is 0 Å². The highest BCUT2D eigenvalue weighted by atomic mass is 31.2. The van der Waals surface area contributed by atoms with Crippen LogP contribution in [0.15, 0.2) is 65.1 Å². The molecule has 0 unspecified atom stereocenters. The summed E-state index contributed by atoms with van der Waals surface area (Å²) in [6.07, 6.45) is 0. The molecular formula is C18H18NO4P. The van der Waals surface area contributed by atoms with Crippen LogP contribution in [0.1, 0.15) is 19.7 Å². The maximum atomic E-state index is 11.8. The number of nitrogens with zero attached hydrogens (tertiary/aromatic N) is 1. The smallest absolute Gasteiger partial charge is 0.340 e. The maximum absolute atomic E-state index is 11.8. The van der Waals surface area contributed by atoms with Gasteiger partial charge in [-0.1, -0.05) is 60.7 Å². The predicted octanol–water partition coefficient (Wildman–Crippen LogP) is 4.42. The van der Waals surface area contributed by atoms with Gasteiger partial charge >= 0.3 is 7.60 Å². The normalized spacial score (nSPS) is 12.3. The molecule has 0 spiro atoms. The molecule has 0 aliphatic carbocycles. The lowest BCUT2D eigenvalue weighted by Gasteiger charge is -2.21. The quantitative estimate of drug-likeness (QED) is 0.685. The standard InChI is InChI=1S/C18H18NO4P/c1-18(2,24(20,21)22)17-19-15(13-9-5-3-6-10-13)16(23-17)14-11-7-4-8-12-14/h3-12H,1-2H3,(H2,20,21,22). The van der Waals surface area contributed by atoms with E-state index in [-0.39, 0.29) is 5.89 Å². The molecule has 3 rings (SSSR count). The highest BCUT2D eigenvalue weighted by Crippen LogP contribution is 2.57. The molecule has 2 N–H and O–H groups in total. The van der Waals surface area contributed by atoms with Gasteiger partial charge in [0.05, 0.1) is 0 Å². The molecule has 1 heterocycles. The van der Waals surface area contributed by atoms with Gasteiger partial charge in [0.15, 0.2) is 5.76 Å². The Labute approximate surface area is 140 Å². The SMILES string of the molecule is CC(C)(c1nc(-c2ccccc2)c(-c2ccccc2)o1)P(=O)(O)O. The van der Waals surface area contributed by atoms with Gasteiger partial charge in [-0.2, -0.15) is 0 Å². The van der Waals surface area contributed by atoms with E-state index in [1.807, 2.05) is 60.7 Å². The van der Waals surface area contributed by atoms with Gasteiger partial charge in [0.1, 0.15) is 10.9 Å². The van der Waals surface area contributed by atoms with Gasteiger partial charge in [-0.05, 0) is 13.8 Å². The van der Waals surface area contributed by atoms with Crippen LogP contribution < -0.4 is 0 Å². The van der Waals surface area contributed by atoms with Crippen molar-refractivity contribution in [3.63, 3.8) is 0 Å². The molecule has 2 aromatic carbocycles. The van der Waals surface area contributed by atoms with E-state index in [4.69, 9.17) is 4.42 Å². The van der Waals surface area contributed by atoms with E-state index >= 15 is 0 Å². The Morgan fingerprint density at radius 1 is 0.917 bits per heavy atom. The van der Waals surface area contributed by atoms with Crippen molar-refractivity contribution in [2.45, 2.75) is 19.0 Å². The number of hydrogen-bond acceptors (Lipinski definition) is 3. The first-order valence-corrected chi connectivity index (χ1v) is 9.10. The number of rotatable bonds is 4. The highest BCUT2D eigenvalue weighted by molar-refractivity contribution is 7.53. The van der Waals surface area contributed by atoms with Crippen molar-refractivity contribution >= 4 is 7.60 Å². The lowest BCUT2D eigenvalue weighted by atomic mass is 10.1. The van der Waals surface area contributed by atoms with Crippen LogP contribution in [0.3, 0.4) is 0 Å². The van der Waals surface area contributed by atoms with Crippen molar-refractivity contribution in [3.05, 3.63) is 66.6 Å². The first kappa shape index (κ1) is 16.7. The van der Waals surface area contributed by atoms with E-state index in [1.54, 1.807) is 0 Å². The lowest BCUT2D eigenvalue weighted by Crippen LogP contribution is -2.17. The van der Waals surface area contributed by atoms with Gasteiger partial charge in [0, 0.05) is 11.1 Å². The van der Waals surface area contributed by atoms with Crippen LogP contribution in [0.25, 0.3) is 22.6 Å². The van der Waals surface area contributed by atoms with Crippen molar-refractivity contribution in [2.24, 2.45) is 0 Å². The van der Waals surface area contributed by atoms with Gasteiger partial charge in [0.25, 0.3) is 0 Å². The molecule has 0 saturated heterocycles. The molecule has 1 aromatic heterocycles. The van der Waals surface area contributed by atoms with Crippen molar-refractivity contribution in [2.75, 3.05) is 0 Å². The zero-order valence-corrected chi connectivity index (χ0v) is 14.3. The zero-order chi connectivity index (χ0) is 17.4. The third-order valence-electron chi connectivity index (χ3n) is 3.96. The van der Waals surface area contributed by atoms with Gasteiger partial charge in [0.2, 0.25) is 5.89 Å². The fourth-order valence-electron chi connectivity index (χ4n) is 2.28. The fourth-order valence-corrected chi connectivity index (χ4v) is 2.63. The molecule has 0 bridgehead atoms. The van der Waals surface area contributed by atoms with Gasteiger partial charge in [-0.3, -0.25) is 4.57 Å². The van der Waals surface area contributed by atoms with Crippen molar-refractivity contribution in [1.82, 2.24) is 4.98 Å². The monoisotopic (exact) mass is 343 g/mol. The lowest BCUT2D eigenvalue weighted by molar-refractivity contribution is 0.316. The molecule has 3 aromatic rings. The van der Waals surface area contributed by atoms with E-state index in [0.29, 0.717) is 11.5 Å². The van der Waals surface area contributed by atoms with E-state index in [9.17, 15) is 14.4 Å². The summed E-state index contributed by atoms with van der Waals surface area (Å²) in [6, 6.07) is 18.8. The molecule has 0 saturated carbocycles. The molecule has 0 fully saturated rings. The highest BCUT2D eigenvalue weighted by Gasteiger charge is 2.44. The van der Waals surface area contributed by atoms with Gasteiger partial charge < -0.3 is 14.2 Å². The van der Waals surface area contributed by atoms with Crippen molar-refractivity contribution in [1.29, 1.82) is 0 Å². The number of aromatic nitrogens is 1. The molecule has 124 valence electrons. The summed E-state index contributed by atoms with van der Waals surface area (Å²) < 4.78 is 17.7. The van der Waals surface area contributed by atoms with Crippen LogP contribution in [0, 0.1) is 0 Å². The summed E-state index contributed by atoms with van der Waals surface area (Å²) in [5.41, 5.74) is 2.20. The van der Waals surface area contributed by atoms with Crippen LogP contribution >= 0.6 is 7.60 Å². The molecule has 24 heavy (non-hydrogen) atoms. The van der Waals surface area contributed by atoms with Crippen LogP contribution in [0.5, 0.6) is 0 Å². The molecule has 0 amide bonds. The second kappa shape index (κ2) is 6.02. The second-order valence-corrected chi connectivity index (χ2v) is 8.24. The molecule has 0 atom stereocenters. The molecule has 0 aliphatic rings. The maximum Gasteiger partial charge on any atom is 0.340 e. The summed E-state index contributed by atoms with van der Waals surface area (Å²) >= 11 is 0. The molecular weight excluding hydrogens is 325 g/mol. The summed E-state index contributed by atoms with van der Waals surface area (Å²) in [5, 5.41) is -1.51. The van der Waals surface area contributed by atoms with E-state index < -0.39 is 12.8 Å². The van der Waals surface area contributed by atoms with Crippen LogP contribution in [0.2, 0.25) is 0 Å². The fraction of sp³-hybridized carbons (Fsp3) is 0.167. The van der Waals surface area contributed by atoms with E-state index in [2.05, 4.69) is 4.98 Å². The molecule has 6 heteroatoms. The summed E-state index contributed by atoms with van der Waals surface area (Å²) in [7, 11) is -4.44. The number of benzene rings is 2. The second-order valence-electron chi connectivity index (χ2n) is 6.03. The van der Waals surface area contributed by atoms with Crippen molar-refractivity contribution in [3.8, 4) is 22.6 Å². The Morgan fingerprint density at radius 2 is 1.42 bits per heavy atom. The number of hydrogen-bond donors (Lipinski definition) is 2. The third-order valence-corrected chi connectivity index (χ3v) is 5.61. The average molecular weight is 343 g/mol. The summed E-state index contributed by atoms with van der Waals surface area (Å²) in [4.78, 5) is 23.7. The molecule has 5 nitrogen and oxygen atoms in total. The minimum absolute atomic E-state index is 0.0218. The number of oxazole rings is 1. The Morgan fingerprint density at radius 3 is 1.92 bits per heavy atom. The predicted molar refractivity (Wildman–Crippen MR) is 92.4 cm³/mol. The van der Waals surface area contributed by atoms with Gasteiger partial charge in [-0.25, -0.2) is 4.98 Å². The van der Waals surface area contributed by atoms with Crippen LogP contribution in [-0.2, 0) is 9.72 Å². The Hall–Kier alpha value is -2.20. The Balaban J connectivity index is 2.23. The molecule has 0 radical (unpaired) electrons. The zero-order valence-electron chi connectivity index (χ0n) is 13.4. The van der Waals surface area contributed by atoms with E-state index in [1.165, 1.54) is 13.8 Å². The summed E-state index contributed by atoms with van der Waals surface area (Å²) in [6.45, 7) is 2.87. The Bertz CT molecular complexity index is 825. The van der Waals surface area contributed by atoms with Crippen LogP contribution in [-0.4, -0.2) is 14.8 Å². The Kier molecular flexibility index (Phi) is 4.18. The minimum atomic E-state index is -4.44. The van der Waals surface area contributed by atoms with Crippen molar-refractivity contribution < 1.29 is 18.8 Å². The first-order valence-electron chi connectivity index (χ1n) is 7.48. The van der Waals surface area contributed by atoms with Crippen LogP contribution in [0.4, 0.5) is 0 Å². The minimum Gasteiger partial charge on any atom is -0.439 e. The third kappa shape index (κ3) is 2.94. The topological polar surface area (TPSA) is 83.6 Å². The van der Waals surface area contributed by atoms with E-state index in [0.717, 1.165) is 11.1 Å². The largest absolute Gasteiger partial charge is 0.439 e.